The second-order valence-corrected chi connectivity index (χ2v) is 11.7. The van der Waals surface area contributed by atoms with Gasteiger partial charge in [0.15, 0.2) is 0 Å². The van der Waals surface area contributed by atoms with E-state index >= 15 is 0 Å². The lowest BCUT2D eigenvalue weighted by atomic mass is 9.87. The van der Waals surface area contributed by atoms with Gasteiger partial charge in [0, 0.05) is 12.1 Å². The number of alkyl carbamates (subject to hydrolysis) is 1. The van der Waals surface area contributed by atoms with E-state index < -0.39 is 29.3 Å². The predicted octanol–water partition coefficient (Wildman–Crippen LogP) is 6.22. The number of carbonyl (C=O) groups is 3. The van der Waals surface area contributed by atoms with E-state index in [-0.39, 0.29) is 17.7 Å². The first-order chi connectivity index (χ1) is 17.1. The van der Waals surface area contributed by atoms with Gasteiger partial charge in [-0.3, -0.25) is 9.59 Å². The highest BCUT2D eigenvalue weighted by molar-refractivity contribution is 5.93. The molecule has 3 atom stereocenters. The van der Waals surface area contributed by atoms with Gasteiger partial charge < -0.3 is 20.3 Å². The molecule has 3 unspecified atom stereocenters. The molecule has 0 aliphatic carbocycles. The average molecular weight is 518 g/mol. The number of nitrogens with one attached hydrogen (secondary N) is 2. The van der Waals surface area contributed by atoms with Crippen molar-refractivity contribution in [3.63, 3.8) is 0 Å². The molecule has 0 saturated carbocycles. The van der Waals surface area contributed by atoms with Gasteiger partial charge in [-0.1, -0.05) is 58.7 Å². The van der Waals surface area contributed by atoms with E-state index in [1.807, 2.05) is 66.7 Å². The Balaban J connectivity index is 3.71. The van der Waals surface area contributed by atoms with Crippen LogP contribution in [0.25, 0.3) is 0 Å². The Labute approximate surface area is 225 Å². The van der Waals surface area contributed by atoms with Crippen LogP contribution in [0.5, 0.6) is 0 Å². The molecule has 210 valence electrons. The third-order valence-corrected chi connectivity index (χ3v) is 7.18. The summed E-state index contributed by atoms with van der Waals surface area (Å²) >= 11 is 0. The fourth-order valence-corrected chi connectivity index (χ4v) is 4.17. The summed E-state index contributed by atoms with van der Waals surface area (Å²) < 4.78 is 5.50. The molecule has 1 aromatic carbocycles. The molecule has 3 amide bonds. The van der Waals surface area contributed by atoms with Crippen molar-refractivity contribution in [1.82, 2.24) is 15.5 Å². The number of rotatable bonds is 12. The summed E-state index contributed by atoms with van der Waals surface area (Å²) in [4.78, 5) is 42.8. The van der Waals surface area contributed by atoms with Gasteiger partial charge in [0.1, 0.15) is 17.7 Å². The maximum atomic E-state index is 14.5. The number of carbonyl (C=O) groups excluding carboxylic acids is 3. The summed E-state index contributed by atoms with van der Waals surface area (Å²) in [6, 6.07) is 4.18. The summed E-state index contributed by atoms with van der Waals surface area (Å²) in [6.45, 7) is 21.9. The molecule has 7 heteroatoms. The van der Waals surface area contributed by atoms with Crippen molar-refractivity contribution in [2.75, 3.05) is 6.54 Å². The van der Waals surface area contributed by atoms with Crippen LogP contribution in [0.15, 0.2) is 18.2 Å². The molecule has 0 radical (unpaired) electrons. The van der Waals surface area contributed by atoms with Crippen LogP contribution in [0.3, 0.4) is 0 Å². The Morgan fingerprint density at radius 1 is 1.03 bits per heavy atom. The lowest BCUT2D eigenvalue weighted by Crippen LogP contribution is -2.60. The lowest BCUT2D eigenvalue weighted by molar-refractivity contribution is -0.150. The van der Waals surface area contributed by atoms with Gasteiger partial charge in [-0.05, 0) is 83.9 Å². The quantitative estimate of drug-likeness (QED) is 0.322. The first-order valence-electron chi connectivity index (χ1n) is 13.8. The SMILES string of the molecule is CCCCNC(=O)C(c1cccc(C)c1C)N(C(=O)C(NC(=O)OC(C)(C)C)C(C)CC)C(C)(C)CC. The average Bonchev–Trinajstić information content (AvgIpc) is 2.80. The molecule has 37 heavy (non-hydrogen) atoms. The van der Waals surface area contributed by atoms with Gasteiger partial charge in [-0.25, -0.2) is 4.79 Å². The molecular weight excluding hydrogens is 466 g/mol. The molecule has 0 spiro atoms. The topological polar surface area (TPSA) is 87.7 Å². The first-order valence-corrected chi connectivity index (χ1v) is 13.8. The monoisotopic (exact) mass is 517 g/mol. The summed E-state index contributed by atoms with van der Waals surface area (Å²) in [5.41, 5.74) is 1.46. The summed E-state index contributed by atoms with van der Waals surface area (Å²) in [6.07, 6.45) is 2.46. The third kappa shape index (κ3) is 9.04. The third-order valence-electron chi connectivity index (χ3n) is 7.18. The zero-order chi connectivity index (χ0) is 28.6. The lowest BCUT2D eigenvalue weighted by Gasteiger charge is -2.45. The van der Waals surface area contributed by atoms with Crippen LogP contribution in [-0.4, -0.2) is 46.5 Å². The molecule has 0 fully saturated rings. The van der Waals surface area contributed by atoms with Crippen LogP contribution in [0, 0.1) is 19.8 Å². The molecule has 0 bridgehead atoms. The standard InChI is InChI=1S/C30H51N3O4/c1-12-15-19-31-26(34)25(23-18-16-17-21(5)22(23)6)33(30(10,11)14-3)27(35)24(20(4)13-2)32-28(36)37-29(7,8)9/h16-18,20,24-25H,12-15,19H2,1-11H3,(H,31,34)(H,32,36). The minimum Gasteiger partial charge on any atom is -0.444 e. The molecule has 0 saturated heterocycles. The molecule has 1 rings (SSSR count). The van der Waals surface area contributed by atoms with Crippen LogP contribution >= 0.6 is 0 Å². The zero-order valence-electron chi connectivity index (χ0n) is 25.1. The molecule has 0 aliphatic heterocycles. The van der Waals surface area contributed by atoms with Crippen LogP contribution in [-0.2, 0) is 14.3 Å². The van der Waals surface area contributed by atoms with E-state index in [1.165, 1.54) is 0 Å². The summed E-state index contributed by atoms with van der Waals surface area (Å²) in [5, 5.41) is 5.91. The smallest absolute Gasteiger partial charge is 0.408 e. The predicted molar refractivity (Wildman–Crippen MR) is 150 cm³/mol. The maximum Gasteiger partial charge on any atom is 0.408 e. The number of benzene rings is 1. The zero-order valence-corrected chi connectivity index (χ0v) is 25.1. The molecule has 0 heterocycles. The fourth-order valence-electron chi connectivity index (χ4n) is 4.17. The van der Waals surface area contributed by atoms with Crippen molar-refractivity contribution in [2.24, 2.45) is 5.92 Å². The second-order valence-electron chi connectivity index (χ2n) is 11.7. The minimum absolute atomic E-state index is 0.169. The normalized spacial score (nSPS) is 14.4. The van der Waals surface area contributed by atoms with Gasteiger partial charge in [0.05, 0.1) is 0 Å². The van der Waals surface area contributed by atoms with E-state index in [2.05, 4.69) is 17.6 Å². The van der Waals surface area contributed by atoms with Gasteiger partial charge in [0.25, 0.3) is 0 Å². The fraction of sp³-hybridized carbons (Fsp3) is 0.700. The van der Waals surface area contributed by atoms with E-state index in [4.69, 9.17) is 4.74 Å². The number of unbranched alkanes of at least 4 members (excludes halogenated alkanes) is 1. The molecule has 0 aliphatic rings. The Morgan fingerprint density at radius 2 is 1.65 bits per heavy atom. The number of hydrogen-bond donors (Lipinski definition) is 2. The number of nitrogens with zero attached hydrogens (tertiary/aromatic N) is 1. The van der Waals surface area contributed by atoms with Crippen LogP contribution in [0.2, 0.25) is 0 Å². The van der Waals surface area contributed by atoms with Crippen LogP contribution in [0.1, 0.15) is 111 Å². The molecule has 0 aromatic heterocycles. The number of hydrogen-bond acceptors (Lipinski definition) is 4. The van der Waals surface area contributed by atoms with Crippen molar-refractivity contribution < 1.29 is 19.1 Å². The van der Waals surface area contributed by atoms with E-state index in [9.17, 15) is 14.4 Å². The van der Waals surface area contributed by atoms with Crippen LogP contribution < -0.4 is 10.6 Å². The van der Waals surface area contributed by atoms with Crippen LogP contribution in [0.4, 0.5) is 4.79 Å². The first kappa shape index (κ1) is 32.5. The Hall–Kier alpha value is -2.57. The van der Waals surface area contributed by atoms with Crippen molar-refractivity contribution in [1.29, 1.82) is 0 Å². The van der Waals surface area contributed by atoms with Gasteiger partial charge in [-0.2, -0.15) is 0 Å². The number of aryl methyl sites for hydroxylation is 1. The minimum atomic E-state index is -0.846. The highest BCUT2D eigenvalue weighted by atomic mass is 16.6. The molecule has 2 N–H and O–H groups in total. The maximum absolute atomic E-state index is 14.5. The van der Waals surface area contributed by atoms with E-state index in [0.29, 0.717) is 19.4 Å². The Bertz CT molecular complexity index is 920. The van der Waals surface area contributed by atoms with Crippen molar-refractivity contribution >= 4 is 17.9 Å². The number of amides is 3. The van der Waals surface area contributed by atoms with Crippen molar-refractivity contribution in [3.8, 4) is 0 Å². The van der Waals surface area contributed by atoms with E-state index in [1.54, 1.807) is 25.7 Å². The summed E-state index contributed by atoms with van der Waals surface area (Å²) in [5.74, 6) is -0.668. The van der Waals surface area contributed by atoms with Gasteiger partial charge in [-0.15, -0.1) is 0 Å². The molecule has 1 aromatic rings. The number of ether oxygens (including phenoxy) is 1. The van der Waals surface area contributed by atoms with E-state index in [0.717, 1.165) is 29.5 Å². The van der Waals surface area contributed by atoms with Crippen molar-refractivity contribution in [2.45, 2.75) is 125 Å². The highest BCUT2D eigenvalue weighted by Gasteiger charge is 2.44. The Kier molecular flexibility index (Phi) is 12.1. The van der Waals surface area contributed by atoms with Gasteiger partial charge >= 0.3 is 6.09 Å². The highest BCUT2D eigenvalue weighted by Crippen LogP contribution is 2.35. The summed E-state index contributed by atoms with van der Waals surface area (Å²) in [7, 11) is 0. The second kappa shape index (κ2) is 13.8. The largest absolute Gasteiger partial charge is 0.444 e. The van der Waals surface area contributed by atoms with Gasteiger partial charge in [0.2, 0.25) is 11.8 Å². The van der Waals surface area contributed by atoms with Crippen molar-refractivity contribution in [3.05, 3.63) is 34.9 Å². The molecular formula is C30H51N3O4. The Morgan fingerprint density at radius 3 is 2.16 bits per heavy atom. The molecule has 7 nitrogen and oxygen atoms in total.